The van der Waals surface area contributed by atoms with E-state index in [4.69, 9.17) is 0 Å². The van der Waals surface area contributed by atoms with E-state index in [2.05, 4.69) is 11.9 Å². The number of nitrogens with zero attached hydrogens (tertiary/aromatic N) is 1. The van der Waals surface area contributed by atoms with Crippen LogP contribution in [0.5, 0.6) is 0 Å². The predicted octanol–water partition coefficient (Wildman–Crippen LogP) is 3.25. The molecule has 0 amide bonds. The lowest BCUT2D eigenvalue weighted by Crippen LogP contribution is -2.20. The van der Waals surface area contributed by atoms with Gasteiger partial charge in [0.1, 0.15) is 0 Å². The van der Waals surface area contributed by atoms with E-state index in [1.807, 2.05) is 19.1 Å². The Balaban J connectivity index is 2.09. The lowest BCUT2D eigenvalue weighted by atomic mass is 9.78. The van der Waals surface area contributed by atoms with Crippen LogP contribution in [-0.2, 0) is 0 Å². The van der Waals surface area contributed by atoms with E-state index < -0.39 is 0 Å². The van der Waals surface area contributed by atoms with Crippen LogP contribution in [0.2, 0.25) is 0 Å². The zero-order valence-electron chi connectivity index (χ0n) is 10.2. The van der Waals surface area contributed by atoms with Crippen LogP contribution < -0.4 is 0 Å². The molecule has 1 heterocycles. The van der Waals surface area contributed by atoms with Crippen molar-refractivity contribution in [2.24, 2.45) is 11.8 Å². The van der Waals surface area contributed by atoms with Crippen molar-refractivity contribution < 1.29 is 5.11 Å². The molecule has 0 bridgehead atoms. The summed E-state index contributed by atoms with van der Waals surface area (Å²) in [5.74, 6) is 1.20. The molecule has 3 atom stereocenters. The number of aryl methyl sites for hydroxylation is 1. The van der Waals surface area contributed by atoms with Crippen molar-refractivity contribution in [2.75, 3.05) is 0 Å². The van der Waals surface area contributed by atoms with Gasteiger partial charge in [0, 0.05) is 11.9 Å². The van der Waals surface area contributed by atoms with Gasteiger partial charge in [-0.25, -0.2) is 0 Å². The van der Waals surface area contributed by atoms with Gasteiger partial charge >= 0.3 is 0 Å². The summed E-state index contributed by atoms with van der Waals surface area (Å²) >= 11 is 0. The number of hydrogen-bond acceptors (Lipinski definition) is 2. The largest absolute Gasteiger partial charge is 0.388 e. The monoisotopic (exact) mass is 219 g/mol. The highest BCUT2D eigenvalue weighted by atomic mass is 16.3. The van der Waals surface area contributed by atoms with E-state index in [9.17, 15) is 5.11 Å². The zero-order chi connectivity index (χ0) is 11.5. The summed E-state index contributed by atoms with van der Waals surface area (Å²) in [5, 5.41) is 10.4. The Morgan fingerprint density at radius 1 is 1.44 bits per heavy atom. The van der Waals surface area contributed by atoms with E-state index in [-0.39, 0.29) is 6.10 Å². The van der Waals surface area contributed by atoms with Gasteiger partial charge in [0.05, 0.1) is 6.10 Å². The standard InChI is InChI=1S/C14H21NO/c1-10-4-3-5-12(8-10)14(16)13-6-7-15-11(2)9-13/h6-7,9-10,12,14,16H,3-5,8H2,1-2H3. The molecule has 0 radical (unpaired) electrons. The summed E-state index contributed by atoms with van der Waals surface area (Å²) in [5.41, 5.74) is 2.02. The minimum atomic E-state index is -0.301. The maximum Gasteiger partial charge on any atom is 0.0819 e. The fourth-order valence-electron chi connectivity index (χ4n) is 2.79. The highest BCUT2D eigenvalue weighted by Gasteiger charge is 2.26. The normalized spacial score (nSPS) is 27.7. The Morgan fingerprint density at radius 3 is 2.94 bits per heavy atom. The molecule has 2 nitrogen and oxygen atoms in total. The van der Waals surface area contributed by atoms with Gasteiger partial charge in [-0.3, -0.25) is 4.98 Å². The summed E-state index contributed by atoms with van der Waals surface area (Å²) in [4.78, 5) is 4.17. The molecule has 0 spiro atoms. The SMILES string of the molecule is Cc1cc(C(O)C2CCCC(C)C2)ccn1. The first-order valence-electron chi connectivity index (χ1n) is 6.27. The fraction of sp³-hybridized carbons (Fsp3) is 0.643. The highest BCUT2D eigenvalue weighted by Crippen LogP contribution is 2.36. The number of pyridine rings is 1. The third-order valence-corrected chi connectivity index (χ3v) is 3.69. The number of aliphatic hydroxyl groups excluding tert-OH is 1. The molecule has 16 heavy (non-hydrogen) atoms. The third-order valence-electron chi connectivity index (χ3n) is 3.69. The molecule has 88 valence electrons. The molecule has 1 N–H and O–H groups in total. The molecule has 0 aliphatic heterocycles. The number of aliphatic hydroxyl groups is 1. The van der Waals surface area contributed by atoms with Gasteiger partial charge in [0.2, 0.25) is 0 Å². The van der Waals surface area contributed by atoms with Gasteiger partial charge in [-0.05, 0) is 49.3 Å². The molecule has 1 aliphatic rings. The number of hydrogen-bond donors (Lipinski definition) is 1. The van der Waals surface area contributed by atoms with Crippen LogP contribution >= 0.6 is 0 Å². The Morgan fingerprint density at radius 2 is 2.25 bits per heavy atom. The molecule has 1 aromatic heterocycles. The molecule has 0 saturated heterocycles. The number of rotatable bonds is 2. The molecule has 0 aromatic carbocycles. The smallest absolute Gasteiger partial charge is 0.0819 e. The number of aromatic nitrogens is 1. The Hall–Kier alpha value is -0.890. The molecule has 1 aliphatic carbocycles. The molecular weight excluding hydrogens is 198 g/mol. The van der Waals surface area contributed by atoms with Crippen molar-refractivity contribution >= 4 is 0 Å². The minimum Gasteiger partial charge on any atom is -0.388 e. The molecule has 1 fully saturated rings. The van der Waals surface area contributed by atoms with Crippen LogP contribution in [0.4, 0.5) is 0 Å². The Bertz CT molecular complexity index is 350. The second-order valence-electron chi connectivity index (χ2n) is 5.21. The van der Waals surface area contributed by atoms with E-state index in [0.717, 1.165) is 30.0 Å². The Kier molecular flexibility index (Phi) is 3.59. The van der Waals surface area contributed by atoms with Crippen molar-refractivity contribution in [1.82, 2.24) is 4.98 Å². The molecular formula is C14H21NO. The first-order chi connectivity index (χ1) is 7.66. The molecule has 1 saturated carbocycles. The van der Waals surface area contributed by atoms with Gasteiger partial charge in [0.15, 0.2) is 0 Å². The highest BCUT2D eigenvalue weighted by molar-refractivity contribution is 5.18. The summed E-state index contributed by atoms with van der Waals surface area (Å²) in [7, 11) is 0. The summed E-state index contributed by atoms with van der Waals surface area (Å²) in [6, 6.07) is 3.95. The van der Waals surface area contributed by atoms with E-state index >= 15 is 0 Å². The predicted molar refractivity (Wildman–Crippen MR) is 65.1 cm³/mol. The lowest BCUT2D eigenvalue weighted by Gasteiger charge is -2.30. The van der Waals surface area contributed by atoms with E-state index in [0.29, 0.717) is 5.92 Å². The van der Waals surface area contributed by atoms with Gasteiger partial charge in [-0.15, -0.1) is 0 Å². The maximum absolute atomic E-state index is 10.4. The summed E-state index contributed by atoms with van der Waals surface area (Å²) in [6.07, 6.45) is 6.38. The summed E-state index contributed by atoms with van der Waals surface area (Å²) in [6.45, 7) is 4.26. The topological polar surface area (TPSA) is 33.1 Å². The van der Waals surface area contributed by atoms with Gasteiger partial charge in [-0.1, -0.05) is 19.8 Å². The molecule has 2 heteroatoms. The van der Waals surface area contributed by atoms with Crippen LogP contribution in [0.3, 0.4) is 0 Å². The van der Waals surface area contributed by atoms with Crippen molar-refractivity contribution in [3.8, 4) is 0 Å². The second-order valence-corrected chi connectivity index (χ2v) is 5.21. The van der Waals surface area contributed by atoms with E-state index in [1.165, 1.54) is 12.8 Å². The average molecular weight is 219 g/mol. The quantitative estimate of drug-likeness (QED) is 0.828. The Labute approximate surface area is 97.7 Å². The van der Waals surface area contributed by atoms with Crippen LogP contribution in [-0.4, -0.2) is 10.1 Å². The van der Waals surface area contributed by atoms with Crippen molar-refractivity contribution in [1.29, 1.82) is 0 Å². The maximum atomic E-state index is 10.4. The third kappa shape index (κ3) is 2.62. The molecule has 3 unspecified atom stereocenters. The van der Waals surface area contributed by atoms with Crippen molar-refractivity contribution in [3.05, 3.63) is 29.6 Å². The first-order valence-corrected chi connectivity index (χ1v) is 6.27. The lowest BCUT2D eigenvalue weighted by molar-refractivity contribution is 0.0713. The fourth-order valence-corrected chi connectivity index (χ4v) is 2.79. The van der Waals surface area contributed by atoms with Crippen LogP contribution in [0.15, 0.2) is 18.3 Å². The summed E-state index contributed by atoms with van der Waals surface area (Å²) < 4.78 is 0. The van der Waals surface area contributed by atoms with Gasteiger partial charge in [-0.2, -0.15) is 0 Å². The van der Waals surface area contributed by atoms with Gasteiger partial charge < -0.3 is 5.11 Å². The van der Waals surface area contributed by atoms with Crippen molar-refractivity contribution in [2.45, 2.75) is 45.6 Å². The average Bonchev–Trinajstić information content (AvgIpc) is 2.28. The van der Waals surface area contributed by atoms with Crippen LogP contribution in [0.1, 0.15) is 50.0 Å². The van der Waals surface area contributed by atoms with Gasteiger partial charge in [0.25, 0.3) is 0 Å². The first kappa shape index (κ1) is 11.6. The molecule has 2 rings (SSSR count). The second kappa shape index (κ2) is 4.96. The minimum absolute atomic E-state index is 0.301. The van der Waals surface area contributed by atoms with E-state index in [1.54, 1.807) is 6.20 Å². The van der Waals surface area contributed by atoms with Crippen LogP contribution in [0.25, 0.3) is 0 Å². The zero-order valence-corrected chi connectivity index (χ0v) is 10.2. The van der Waals surface area contributed by atoms with Crippen LogP contribution in [0, 0.1) is 18.8 Å². The van der Waals surface area contributed by atoms with Crippen molar-refractivity contribution in [3.63, 3.8) is 0 Å². The molecule has 1 aromatic rings.